The predicted octanol–water partition coefficient (Wildman–Crippen LogP) is 0.931. The number of nitrogens with zero attached hydrogens (tertiary/aromatic N) is 2. The fourth-order valence-corrected chi connectivity index (χ4v) is 1.52. The monoisotopic (exact) mass is 177 g/mol. The third kappa shape index (κ3) is 1.58. The highest BCUT2D eigenvalue weighted by molar-refractivity contribution is 5.33. The van der Waals surface area contributed by atoms with Gasteiger partial charge in [0.2, 0.25) is 0 Å². The number of terminal acetylenes is 1. The molecule has 0 bridgehead atoms. The van der Waals surface area contributed by atoms with Gasteiger partial charge in [-0.2, -0.15) is 5.10 Å². The van der Waals surface area contributed by atoms with Crippen LogP contribution in [0.1, 0.15) is 23.0 Å². The van der Waals surface area contributed by atoms with E-state index >= 15 is 0 Å². The van der Waals surface area contributed by atoms with E-state index in [2.05, 4.69) is 16.3 Å². The molecular weight excluding hydrogens is 162 g/mol. The van der Waals surface area contributed by atoms with Crippen LogP contribution in [-0.2, 0) is 7.05 Å². The van der Waals surface area contributed by atoms with E-state index in [1.807, 2.05) is 32.6 Å². The van der Waals surface area contributed by atoms with Crippen LogP contribution in [0.2, 0.25) is 0 Å². The van der Waals surface area contributed by atoms with Gasteiger partial charge in [-0.3, -0.25) is 4.68 Å². The molecule has 0 amide bonds. The summed E-state index contributed by atoms with van der Waals surface area (Å²) in [5.41, 5.74) is 3.24. The second-order valence-electron chi connectivity index (χ2n) is 3.10. The Kier molecular flexibility index (Phi) is 2.74. The van der Waals surface area contributed by atoms with Crippen molar-refractivity contribution in [2.75, 3.05) is 7.05 Å². The van der Waals surface area contributed by atoms with Crippen molar-refractivity contribution >= 4 is 0 Å². The van der Waals surface area contributed by atoms with E-state index in [0.29, 0.717) is 0 Å². The molecule has 0 spiro atoms. The van der Waals surface area contributed by atoms with Crippen LogP contribution in [0.3, 0.4) is 0 Å². The quantitative estimate of drug-likeness (QED) is 0.681. The summed E-state index contributed by atoms with van der Waals surface area (Å²) in [6.07, 6.45) is 5.41. The lowest BCUT2D eigenvalue weighted by Gasteiger charge is -2.09. The highest BCUT2D eigenvalue weighted by atomic mass is 15.3. The number of hydrogen-bond acceptors (Lipinski definition) is 2. The van der Waals surface area contributed by atoms with Gasteiger partial charge in [0, 0.05) is 18.3 Å². The maximum Gasteiger partial charge on any atom is 0.0976 e. The summed E-state index contributed by atoms with van der Waals surface area (Å²) in [5, 5.41) is 7.38. The zero-order valence-corrected chi connectivity index (χ0v) is 8.55. The van der Waals surface area contributed by atoms with Crippen molar-refractivity contribution in [2.45, 2.75) is 19.9 Å². The fourth-order valence-electron chi connectivity index (χ4n) is 1.52. The molecule has 0 fully saturated rings. The molecule has 70 valence electrons. The molecule has 0 aliphatic rings. The molecule has 1 atom stereocenters. The molecule has 0 aromatic carbocycles. The van der Waals surface area contributed by atoms with Gasteiger partial charge < -0.3 is 5.32 Å². The second-order valence-corrected chi connectivity index (χ2v) is 3.10. The van der Waals surface area contributed by atoms with Crippen LogP contribution in [-0.4, -0.2) is 16.8 Å². The van der Waals surface area contributed by atoms with Crippen LogP contribution in [0.4, 0.5) is 0 Å². The molecule has 1 N–H and O–H groups in total. The van der Waals surface area contributed by atoms with Gasteiger partial charge in [-0.15, -0.1) is 6.42 Å². The Hall–Kier alpha value is -1.27. The first-order chi connectivity index (χ1) is 6.11. The average molecular weight is 177 g/mol. The Morgan fingerprint density at radius 3 is 2.46 bits per heavy atom. The molecule has 0 saturated carbocycles. The molecule has 1 aromatic heterocycles. The lowest BCUT2D eigenvalue weighted by molar-refractivity contribution is 0.711. The Bertz CT molecular complexity index is 344. The Labute approximate surface area is 79.1 Å². The maximum absolute atomic E-state index is 5.41. The molecule has 0 aliphatic carbocycles. The third-order valence-electron chi connectivity index (χ3n) is 2.31. The first-order valence-electron chi connectivity index (χ1n) is 4.25. The smallest absolute Gasteiger partial charge is 0.0976 e. The lowest BCUT2D eigenvalue weighted by Crippen LogP contribution is -2.15. The Morgan fingerprint density at radius 1 is 1.54 bits per heavy atom. The second kappa shape index (κ2) is 3.63. The number of rotatable bonds is 2. The largest absolute Gasteiger partial charge is 0.303 e. The van der Waals surface area contributed by atoms with E-state index in [-0.39, 0.29) is 6.04 Å². The standard InChI is InChI=1S/C10H15N3/c1-6-9(11-4)10-7(2)12-13(5)8(10)3/h1,9,11H,2-5H3. The summed E-state index contributed by atoms with van der Waals surface area (Å²) >= 11 is 0. The summed E-state index contributed by atoms with van der Waals surface area (Å²) in [4.78, 5) is 0. The van der Waals surface area contributed by atoms with Gasteiger partial charge in [-0.1, -0.05) is 5.92 Å². The molecule has 0 aliphatic heterocycles. The molecule has 13 heavy (non-hydrogen) atoms. The van der Waals surface area contributed by atoms with Gasteiger partial charge in [0.1, 0.15) is 0 Å². The van der Waals surface area contributed by atoms with Crippen LogP contribution in [0.25, 0.3) is 0 Å². The van der Waals surface area contributed by atoms with Crippen molar-refractivity contribution in [3.63, 3.8) is 0 Å². The molecule has 1 heterocycles. The van der Waals surface area contributed by atoms with E-state index in [1.165, 1.54) is 0 Å². The van der Waals surface area contributed by atoms with Crippen LogP contribution < -0.4 is 5.32 Å². The minimum absolute atomic E-state index is 0.0336. The van der Waals surface area contributed by atoms with Crippen LogP contribution in [0.15, 0.2) is 0 Å². The zero-order chi connectivity index (χ0) is 10.0. The summed E-state index contributed by atoms with van der Waals surface area (Å²) in [6, 6.07) is -0.0336. The number of hydrogen-bond donors (Lipinski definition) is 1. The van der Waals surface area contributed by atoms with Crippen molar-refractivity contribution in [1.82, 2.24) is 15.1 Å². The molecule has 3 heteroatoms. The first-order valence-corrected chi connectivity index (χ1v) is 4.25. The van der Waals surface area contributed by atoms with Gasteiger partial charge in [0.05, 0.1) is 11.7 Å². The average Bonchev–Trinajstić information content (AvgIpc) is 2.34. The van der Waals surface area contributed by atoms with Crippen molar-refractivity contribution in [3.05, 3.63) is 17.0 Å². The van der Waals surface area contributed by atoms with Gasteiger partial charge in [-0.25, -0.2) is 0 Å². The summed E-state index contributed by atoms with van der Waals surface area (Å²) in [5.74, 6) is 2.70. The number of nitrogens with one attached hydrogen (secondary N) is 1. The van der Waals surface area contributed by atoms with E-state index in [9.17, 15) is 0 Å². The van der Waals surface area contributed by atoms with E-state index < -0.39 is 0 Å². The molecule has 0 saturated heterocycles. The predicted molar refractivity (Wildman–Crippen MR) is 53.3 cm³/mol. The molecule has 1 aromatic rings. The highest BCUT2D eigenvalue weighted by Gasteiger charge is 2.15. The summed E-state index contributed by atoms with van der Waals surface area (Å²) < 4.78 is 1.85. The van der Waals surface area contributed by atoms with Gasteiger partial charge in [0.15, 0.2) is 0 Å². The topological polar surface area (TPSA) is 29.9 Å². The Morgan fingerprint density at radius 2 is 2.15 bits per heavy atom. The minimum atomic E-state index is -0.0336. The van der Waals surface area contributed by atoms with Gasteiger partial charge in [0.25, 0.3) is 0 Å². The summed E-state index contributed by atoms with van der Waals surface area (Å²) in [6.45, 7) is 4.00. The van der Waals surface area contributed by atoms with Crippen molar-refractivity contribution < 1.29 is 0 Å². The Balaban J connectivity index is 3.21. The first kappa shape index (κ1) is 9.82. The fraction of sp³-hybridized carbons (Fsp3) is 0.500. The molecule has 1 unspecified atom stereocenters. The van der Waals surface area contributed by atoms with E-state index in [0.717, 1.165) is 17.0 Å². The number of aromatic nitrogens is 2. The maximum atomic E-state index is 5.41. The van der Waals surface area contributed by atoms with Gasteiger partial charge >= 0.3 is 0 Å². The van der Waals surface area contributed by atoms with E-state index in [4.69, 9.17) is 6.42 Å². The molecular formula is C10H15N3. The minimum Gasteiger partial charge on any atom is -0.303 e. The zero-order valence-electron chi connectivity index (χ0n) is 8.55. The molecule has 3 nitrogen and oxygen atoms in total. The van der Waals surface area contributed by atoms with Crippen molar-refractivity contribution in [2.24, 2.45) is 7.05 Å². The lowest BCUT2D eigenvalue weighted by atomic mass is 10.1. The van der Waals surface area contributed by atoms with Crippen LogP contribution in [0.5, 0.6) is 0 Å². The van der Waals surface area contributed by atoms with Crippen LogP contribution in [0, 0.1) is 26.2 Å². The summed E-state index contributed by atoms with van der Waals surface area (Å²) in [7, 11) is 3.78. The normalized spacial score (nSPS) is 12.5. The van der Waals surface area contributed by atoms with E-state index in [1.54, 1.807) is 0 Å². The molecule has 1 rings (SSSR count). The van der Waals surface area contributed by atoms with Crippen LogP contribution >= 0.6 is 0 Å². The van der Waals surface area contributed by atoms with Crippen molar-refractivity contribution in [3.8, 4) is 12.3 Å². The SMILES string of the molecule is C#CC(NC)c1c(C)nn(C)c1C. The van der Waals surface area contributed by atoms with Gasteiger partial charge in [-0.05, 0) is 20.9 Å². The van der Waals surface area contributed by atoms with Crippen molar-refractivity contribution in [1.29, 1.82) is 0 Å². The third-order valence-corrected chi connectivity index (χ3v) is 2.31. The number of aryl methyl sites for hydroxylation is 2. The highest BCUT2D eigenvalue weighted by Crippen LogP contribution is 2.19. The molecule has 0 radical (unpaired) electrons.